The number of hydrogen-bond donors (Lipinski definition) is 2. The molecule has 0 fully saturated rings. The molecule has 0 radical (unpaired) electrons. The van der Waals surface area contributed by atoms with E-state index in [1.807, 2.05) is 0 Å². The van der Waals surface area contributed by atoms with E-state index in [4.69, 9.17) is 11.6 Å². The molecule has 0 saturated carbocycles. The fourth-order valence-electron chi connectivity index (χ4n) is 1.86. The zero-order valence-electron chi connectivity index (χ0n) is 11.9. The molecule has 2 N–H and O–H groups in total. The van der Waals surface area contributed by atoms with Crippen molar-refractivity contribution in [1.82, 2.24) is 0 Å². The van der Waals surface area contributed by atoms with Crippen molar-refractivity contribution in [1.29, 1.82) is 0 Å². The highest BCUT2D eigenvalue weighted by molar-refractivity contribution is 7.92. The second kappa shape index (κ2) is 6.98. The van der Waals surface area contributed by atoms with Crippen molar-refractivity contribution >= 4 is 38.7 Å². The van der Waals surface area contributed by atoms with E-state index < -0.39 is 15.8 Å². The predicted octanol–water partition coefficient (Wildman–Crippen LogP) is 4.37. The summed E-state index contributed by atoms with van der Waals surface area (Å²) in [4.78, 5) is 0. The third-order valence-electron chi connectivity index (χ3n) is 2.84. The van der Waals surface area contributed by atoms with Crippen molar-refractivity contribution in [2.45, 2.75) is 13.3 Å². The summed E-state index contributed by atoms with van der Waals surface area (Å²) in [6.45, 7) is 1.81. The van der Waals surface area contributed by atoms with Crippen LogP contribution in [0.15, 0.2) is 42.5 Å². The molecule has 0 unspecified atom stereocenters. The summed E-state index contributed by atoms with van der Waals surface area (Å²) in [5, 5.41) is 3.09. The summed E-state index contributed by atoms with van der Waals surface area (Å²) in [5.41, 5.74) is 1.88. The van der Waals surface area contributed by atoms with Gasteiger partial charge in [0.15, 0.2) is 0 Å². The Morgan fingerprint density at radius 2 is 1.64 bits per heavy atom. The minimum atomic E-state index is -3.30. The highest BCUT2D eigenvalue weighted by Crippen LogP contribution is 2.23. The van der Waals surface area contributed by atoms with Gasteiger partial charge >= 0.3 is 0 Å². The van der Waals surface area contributed by atoms with Crippen LogP contribution in [0.5, 0.6) is 0 Å². The lowest BCUT2D eigenvalue weighted by molar-refractivity contribution is 0.600. The molecule has 0 aromatic heterocycles. The van der Waals surface area contributed by atoms with Gasteiger partial charge < -0.3 is 5.32 Å². The first-order valence-corrected chi connectivity index (χ1v) is 8.75. The van der Waals surface area contributed by atoms with Crippen LogP contribution in [0.2, 0.25) is 5.02 Å². The van der Waals surface area contributed by atoms with Crippen molar-refractivity contribution in [2.24, 2.45) is 0 Å². The molecule has 4 nitrogen and oxygen atoms in total. The Morgan fingerprint density at radius 3 is 2.23 bits per heavy atom. The van der Waals surface area contributed by atoms with Crippen LogP contribution in [-0.2, 0) is 10.0 Å². The topological polar surface area (TPSA) is 58.2 Å². The van der Waals surface area contributed by atoms with Gasteiger partial charge in [0, 0.05) is 17.1 Å². The largest absolute Gasteiger partial charge is 0.355 e. The molecule has 118 valence electrons. The van der Waals surface area contributed by atoms with Gasteiger partial charge in [0.05, 0.1) is 10.8 Å². The van der Waals surface area contributed by atoms with Crippen molar-refractivity contribution < 1.29 is 12.8 Å². The van der Waals surface area contributed by atoms with Crippen LogP contribution in [0.1, 0.15) is 13.3 Å². The Hall–Kier alpha value is -1.79. The summed E-state index contributed by atoms with van der Waals surface area (Å²) in [5.74, 6) is -0.394. The average molecular weight is 343 g/mol. The molecule has 0 aliphatic heterocycles. The number of sulfonamides is 1. The summed E-state index contributed by atoms with van der Waals surface area (Å²) in [6, 6.07) is 11.1. The lowest BCUT2D eigenvalue weighted by Gasteiger charge is -2.10. The molecule has 0 atom stereocenters. The minimum absolute atomic E-state index is 0.0361. The Labute approximate surface area is 134 Å². The van der Waals surface area contributed by atoms with E-state index in [-0.39, 0.29) is 10.8 Å². The quantitative estimate of drug-likeness (QED) is 0.819. The molecule has 7 heteroatoms. The van der Waals surface area contributed by atoms with Gasteiger partial charge in [-0.25, -0.2) is 12.8 Å². The lowest BCUT2D eigenvalue weighted by Crippen LogP contribution is -2.15. The highest BCUT2D eigenvalue weighted by atomic mass is 35.5. The molecule has 0 amide bonds. The maximum absolute atomic E-state index is 13.1. The van der Waals surface area contributed by atoms with Crippen molar-refractivity contribution in [3.63, 3.8) is 0 Å². The van der Waals surface area contributed by atoms with Gasteiger partial charge in [-0.2, -0.15) is 0 Å². The molecule has 0 spiro atoms. The zero-order chi connectivity index (χ0) is 16.2. The van der Waals surface area contributed by atoms with Crippen molar-refractivity contribution in [3.05, 3.63) is 53.3 Å². The molecular weight excluding hydrogens is 327 g/mol. The Bertz CT molecular complexity index is 749. The summed E-state index contributed by atoms with van der Waals surface area (Å²) >= 11 is 5.72. The third kappa shape index (κ3) is 4.61. The maximum Gasteiger partial charge on any atom is 0.232 e. The molecule has 0 saturated heterocycles. The predicted molar refractivity (Wildman–Crippen MR) is 88.8 cm³/mol. The van der Waals surface area contributed by atoms with E-state index in [1.165, 1.54) is 12.1 Å². The van der Waals surface area contributed by atoms with Gasteiger partial charge in [-0.1, -0.05) is 18.5 Å². The minimum Gasteiger partial charge on any atom is -0.355 e. The Morgan fingerprint density at radius 1 is 1.05 bits per heavy atom. The van der Waals surface area contributed by atoms with E-state index in [0.29, 0.717) is 17.8 Å². The number of rotatable bonds is 6. The molecular formula is C15H16ClFN2O2S. The smallest absolute Gasteiger partial charge is 0.232 e. The van der Waals surface area contributed by atoms with E-state index in [1.54, 1.807) is 37.3 Å². The Kier molecular flexibility index (Phi) is 5.26. The van der Waals surface area contributed by atoms with Crippen molar-refractivity contribution in [3.8, 4) is 0 Å². The molecule has 2 aromatic rings. The molecule has 22 heavy (non-hydrogen) atoms. The number of nitrogens with one attached hydrogen (secondary N) is 2. The third-order valence-corrected chi connectivity index (χ3v) is 4.62. The molecule has 0 aliphatic carbocycles. The maximum atomic E-state index is 13.1. The second-order valence-electron chi connectivity index (χ2n) is 4.75. The van der Waals surface area contributed by atoms with E-state index in [2.05, 4.69) is 10.0 Å². The van der Waals surface area contributed by atoms with E-state index in [9.17, 15) is 12.8 Å². The van der Waals surface area contributed by atoms with Gasteiger partial charge in [0.2, 0.25) is 10.0 Å². The molecule has 2 rings (SSSR count). The summed E-state index contributed by atoms with van der Waals surface area (Å²) in [6.07, 6.45) is 0.556. The van der Waals surface area contributed by atoms with Gasteiger partial charge in [0.1, 0.15) is 5.82 Å². The lowest BCUT2D eigenvalue weighted by atomic mass is 10.2. The standard InChI is InChI=1S/C15H16ClFN2O2S/c1-2-9-22(20,21)19-12-5-3-11(4-6-12)18-13-7-8-15(17)14(16)10-13/h3-8,10,18-19H,2,9H2,1H3. The number of hydrogen-bond acceptors (Lipinski definition) is 3. The first-order chi connectivity index (χ1) is 10.4. The first-order valence-electron chi connectivity index (χ1n) is 6.72. The van der Waals surface area contributed by atoms with Crippen LogP contribution in [0, 0.1) is 5.82 Å². The fourth-order valence-corrected chi connectivity index (χ4v) is 3.18. The SMILES string of the molecule is CCCS(=O)(=O)Nc1ccc(Nc2ccc(F)c(Cl)c2)cc1. The molecule has 0 heterocycles. The average Bonchev–Trinajstić information content (AvgIpc) is 2.44. The van der Waals surface area contributed by atoms with Gasteiger partial charge in [0.25, 0.3) is 0 Å². The van der Waals surface area contributed by atoms with E-state index in [0.717, 1.165) is 5.69 Å². The monoisotopic (exact) mass is 342 g/mol. The number of benzene rings is 2. The Balaban J connectivity index is 2.07. The van der Waals surface area contributed by atoms with Crippen LogP contribution in [-0.4, -0.2) is 14.2 Å². The first kappa shape index (κ1) is 16.6. The molecule has 2 aromatic carbocycles. The number of halogens is 2. The number of anilines is 3. The second-order valence-corrected chi connectivity index (χ2v) is 7.00. The van der Waals surface area contributed by atoms with Crippen LogP contribution < -0.4 is 10.0 Å². The van der Waals surface area contributed by atoms with Crippen LogP contribution in [0.25, 0.3) is 0 Å². The zero-order valence-corrected chi connectivity index (χ0v) is 13.5. The van der Waals surface area contributed by atoms with Gasteiger partial charge in [-0.3, -0.25) is 4.72 Å². The van der Waals surface area contributed by atoms with Gasteiger partial charge in [-0.05, 0) is 48.9 Å². The van der Waals surface area contributed by atoms with Crippen LogP contribution >= 0.6 is 11.6 Å². The van der Waals surface area contributed by atoms with Gasteiger partial charge in [-0.15, -0.1) is 0 Å². The van der Waals surface area contributed by atoms with Crippen LogP contribution in [0.3, 0.4) is 0 Å². The van der Waals surface area contributed by atoms with E-state index >= 15 is 0 Å². The van der Waals surface area contributed by atoms with Crippen molar-refractivity contribution in [2.75, 3.05) is 15.8 Å². The van der Waals surface area contributed by atoms with Crippen LogP contribution in [0.4, 0.5) is 21.5 Å². The molecule has 0 aliphatic rings. The normalized spacial score (nSPS) is 11.2. The fraction of sp³-hybridized carbons (Fsp3) is 0.200. The summed E-state index contributed by atoms with van der Waals surface area (Å²) < 4.78 is 38.9. The molecule has 0 bridgehead atoms. The highest BCUT2D eigenvalue weighted by Gasteiger charge is 2.08. The summed E-state index contributed by atoms with van der Waals surface area (Å²) in [7, 11) is -3.30.